The number of fused-ring (bicyclic) bond motifs is 5. The van der Waals surface area contributed by atoms with Gasteiger partial charge in [0, 0.05) is 24.9 Å². The fourth-order valence-electron chi connectivity index (χ4n) is 10.2. The van der Waals surface area contributed by atoms with Crippen LogP contribution in [0.2, 0.25) is 0 Å². The Kier molecular flexibility index (Phi) is 6.24. The zero-order valence-corrected chi connectivity index (χ0v) is 23.9. The van der Waals surface area contributed by atoms with Crippen molar-refractivity contribution in [3.63, 3.8) is 0 Å². The SMILES string of the molecule is CO[C@@H]1O[C@@H]([C@H](O)C(C)(C)O)C[C@H]1[C@H]1CC[C@]2(C)C3=CC[C@H]4C(C)(C)C(=O)CC[C@]4(C)[C@H]3CC[C@@]12C. The number of Topliss-reactive ketones (excluding diaryl/α,β-unsaturated/α-hetero) is 1. The lowest BCUT2D eigenvalue weighted by Gasteiger charge is -2.63. The lowest BCUT2D eigenvalue weighted by molar-refractivity contribution is -0.184. The van der Waals surface area contributed by atoms with Crippen LogP contribution in [0.3, 0.4) is 0 Å². The van der Waals surface area contributed by atoms with E-state index < -0.39 is 17.8 Å². The van der Waals surface area contributed by atoms with Crippen molar-refractivity contribution in [2.75, 3.05) is 7.11 Å². The fourth-order valence-corrected chi connectivity index (χ4v) is 10.2. The van der Waals surface area contributed by atoms with E-state index in [2.05, 4.69) is 40.7 Å². The second kappa shape index (κ2) is 8.37. The lowest BCUT2D eigenvalue weighted by atomic mass is 9.41. The van der Waals surface area contributed by atoms with Crippen molar-refractivity contribution in [2.45, 2.75) is 124 Å². The van der Waals surface area contributed by atoms with E-state index in [4.69, 9.17) is 9.47 Å². The molecule has 4 aliphatic carbocycles. The van der Waals surface area contributed by atoms with Gasteiger partial charge < -0.3 is 19.7 Å². The van der Waals surface area contributed by atoms with Crippen molar-refractivity contribution in [3.8, 4) is 0 Å². The normalized spacial score (nSPS) is 49.2. The molecule has 0 bridgehead atoms. The van der Waals surface area contributed by atoms with Crippen LogP contribution < -0.4 is 0 Å². The third-order valence-electron chi connectivity index (χ3n) is 12.6. The number of hydrogen-bond acceptors (Lipinski definition) is 5. The number of ketones is 1. The van der Waals surface area contributed by atoms with Crippen molar-refractivity contribution in [2.24, 2.45) is 45.3 Å². The second-order valence-electron chi connectivity index (χ2n) is 14.9. The molecule has 0 unspecified atom stereocenters. The Bertz CT molecular complexity index is 932. The lowest BCUT2D eigenvalue weighted by Crippen LogP contribution is -2.57. The van der Waals surface area contributed by atoms with Crippen LogP contribution in [0, 0.1) is 45.3 Å². The number of aliphatic hydroxyl groups excluding tert-OH is 1. The molecule has 5 aliphatic rings. The maximum Gasteiger partial charge on any atom is 0.160 e. The van der Waals surface area contributed by atoms with E-state index in [1.54, 1.807) is 26.5 Å². The molecule has 10 atom stereocenters. The van der Waals surface area contributed by atoms with Gasteiger partial charge in [0.1, 0.15) is 11.9 Å². The minimum absolute atomic E-state index is 0.130. The van der Waals surface area contributed by atoms with Gasteiger partial charge in [-0.2, -0.15) is 0 Å². The monoisotopic (exact) mass is 502 g/mol. The van der Waals surface area contributed by atoms with E-state index in [9.17, 15) is 15.0 Å². The molecule has 36 heavy (non-hydrogen) atoms. The van der Waals surface area contributed by atoms with E-state index in [1.807, 2.05) is 0 Å². The highest BCUT2D eigenvalue weighted by atomic mass is 16.7. The molecule has 1 saturated heterocycles. The molecule has 1 aliphatic heterocycles. The smallest absolute Gasteiger partial charge is 0.160 e. The summed E-state index contributed by atoms with van der Waals surface area (Å²) in [4.78, 5) is 12.9. The van der Waals surface area contributed by atoms with Crippen LogP contribution >= 0.6 is 0 Å². The zero-order chi connectivity index (χ0) is 26.5. The van der Waals surface area contributed by atoms with Gasteiger partial charge in [-0.25, -0.2) is 0 Å². The summed E-state index contributed by atoms with van der Waals surface area (Å²) < 4.78 is 12.1. The summed E-state index contributed by atoms with van der Waals surface area (Å²) >= 11 is 0. The third kappa shape index (κ3) is 3.51. The molecule has 204 valence electrons. The molecule has 1 heterocycles. The molecule has 2 N–H and O–H groups in total. The van der Waals surface area contributed by atoms with Crippen LogP contribution in [-0.2, 0) is 14.3 Å². The van der Waals surface area contributed by atoms with Crippen molar-refractivity contribution in [3.05, 3.63) is 11.6 Å². The Balaban J connectivity index is 1.45. The van der Waals surface area contributed by atoms with Gasteiger partial charge in [0.2, 0.25) is 0 Å². The Morgan fingerprint density at radius 3 is 2.44 bits per heavy atom. The summed E-state index contributed by atoms with van der Waals surface area (Å²) in [5.41, 5.74) is 0.681. The maximum absolute atomic E-state index is 12.9. The average molecular weight is 503 g/mol. The summed E-state index contributed by atoms with van der Waals surface area (Å²) in [6.45, 7) is 15.2. The molecule has 0 aromatic carbocycles. The number of aliphatic hydroxyl groups is 2. The Labute approximate surface area is 218 Å². The van der Waals surface area contributed by atoms with Crippen LogP contribution in [0.15, 0.2) is 11.6 Å². The number of carbonyl (C=O) groups excluding carboxylic acids is 1. The number of allylic oxidation sites excluding steroid dienone is 2. The first-order valence-corrected chi connectivity index (χ1v) is 14.4. The number of rotatable bonds is 4. The van der Waals surface area contributed by atoms with Crippen molar-refractivity contribution >= 4 is 5.78 Å². The summed E-state index contributed by atoms with van der Waals surface area (Å²) in [7, 11) is 1.71. The van der Waals surface area contributed by atoms with Crippen LogP contribution in [0.25, 0.3) is 0 Å². The predicted molar refractivity (Wildman–Crippen MR) is 140 cm³/mol. The highest BCUT2D eigenvalue weighted by Gasteiger charge is 2.66. The van der Waals surface area contributed by atoms with E-state index in [0.717, 1.165) is 32.1 Å². The highest BCUT2D eigenvalue weighted by molar-refractivity contribution is 5.85. The topological polar surface area (TPSA) is 76.0 Å². The fraction of sp³-hybridized carbons (Fsp3) is 0.903. The molecule has 0 radical (unpaired) electrons. The molecule has 5 nitrogen and oxygen atoms in total. The van der Waals surface area contributed by atoms with Gasteiger partial charge in [-0.05, 0) is 92.8 Å². The number of carbonyl (C=O) groups is 1. The molecule has 5 rings (SSSR count). The Morgan fingerprint density at radius 2 is 1.81 bits per heavy atom. The van der Waals surface area contributed by atoms with Crippen molar-refractivity contribution < 1.29 is 24.5 Å². The summed E-state index contributed by atoms with van der Waals surface area (Å²) in [5, 5.41) is 21.2. The molecular formula is C31H50O5. The maximum atomic E-state index is 12.9. The zero-order valence-electron chi connectivity index (χ0n) is 23.9. The van der Waals surface area contributed by atoms with Gasteiger partial charge in [0.25, 0.3) is 0 Å². The third-order valence-corrected chi connectivity index (χ3v) is 12.6. The van der Waals surface area contributed by atoms with Gasteiger partial charge in [-0.1, -0.05) is 46.3 Å². The van der Waals surface area contributed by atoms with E-state index in [-0.39, 0.29) is 33.9 Å². The number of ether oxygens (including phenoxy) is 2. The van der Waals surface area contributed by atoms with Gasteiger partial charge in [0.05, 0.1) is 11.7 Å². The van der Waals surface area contributed by atoms with Crippen molar-refractivity contribution in [1.82, 2.24) is 0 Å². The minimum Gasteiger partial charge on any atom is -0.388 e. The van der Waals surface area contributed by atoms with E-state index >= 15 is 0 Å². The summed E-state index contributed by atoms with van der Waals surface area (Å²) in [6.07, 6.45) is 9.03. The molecule has 3 saturated carbocycles. The molecule has 0 spiro atoms. The summed E-state index contributed by atoms with van der Waals surface area (Å²) in [6, 6.07) is 0. The molecular weight excluding hydrogens is 452 g/mol. The van der Waals surface area contributed by atoms with Crippen LogP contribution in [0.4, 0.5) is 0 Å². The molecule has 0 aromatic heterocycles. The van der Waals surface area contributed by atoms with Gasteiger partial charge >= 0.3 is 0 Å². The minimum atomic E-state index is -1.21. The number of methoxy groups -OCH3 is 1. The predicted octanol–water partition coefficient (Wildman–Crippen LogP) is 5.67. The van der Waals surface area contributed by atoms with Crippen LogP contribution in [0.5, 0.6) is 0 Å². The first-order valence-electron chi connectivity index (χ1n) is 14.4. The largest absolute Gasteiger partial charge is 0.388 e. The number of hydrogen-bond donors (Lipinski definition) is 2. The first kappa shape index (κ1) is 26.8. The van der Waals surface area contributed by atoms with E-state index in [1.165, 1.54) is 19.3 Å². The molecule has 0 aromatic rings. The van der Waals surface area contributed by atoms with Gasteiger partial charge in [0.15, 0.2) is 6.29 Å². The first-order chi connectivity index (χ1) is 16.6. The van der Waals surface area contributed by atoms with Gasteiger partial charge in [-0.15, -0.1) is 0 Å². The standard InChI is InChI=1S/C31H50O5/c1-27(2)23-10-9-21-20(29(23,5)14-13-24(27)32)12-16-30(6)19(11-15-31(21,30)7)18-17-22(36-26(18)35-8)25(33)28(3,4)34/h9,18-20,22-23,25-26,33-34H,10-17H2,1-8H3/t18-,19+,20-,22+,23-,25-,26+,29+,30-,31+/m0/s1. The quantitative estimate of drug-likeness (QED) is 0.485. The Morgan fingerprint density at radius 1 is 1.11 bits per heavy atom. The van der Waals surface area contributed by atoms with Gasteiger partial charge in [-0.3, -0.25) is 4.79 Å². The average Bonchev–Trinajstić information content (AvgIpc) is 3.33. The molecule has 0 amide bonds. The highest BCUT2D eigenvalue weighted by Crippen LogP contribution is 2.73. The summed E-state index contributed by atoms with van der Waals surface area (Å²) in [5.74, 6) is 2.09. The van der Waals surface area contributed by atoms with E-state index in [0.29, 0.717) is 23.5 Å². The Hall–Kier alpha value is -0.750. The molecule has 5 heteroatoms. The molecule has 4 fully saturated rings. The second-order valence-corrected chi connectivity index (χ2v) is 14.9. The van der Waals surface area contributed by atoms with Crippen LogP contribution in [-0.4, -0.2) is 47.2 Å². The van der Waals surface area contributed by atoms with Crippen LogP contribution in [0.1, 0.15) is 99.8 Å². The van der Waals surface area contributed by atoms with Crippen molar-refractivity contribution in [1.29, 1.82) is 0 Å².